The number of aromatic nitrogens is 1. The minimum absolute atomic E-state index is 0.799. The van der Waals surface area contributed by atoms with Crippen LogP contribution in [0.5, 0.6) is 0 Å². The van der Waals surface area contributed by atoms with Gasteiger partial charge in [0.2, 0.25) is 0 Å². The van der Waals surface area contributed by atoms with Crippen LogP contribution in [0.2, 0.25) is 0 Å². The average Bonchev–Trinajstić information content (AvgIpc) is 3.12. The summed E-state index contributed by atoms with van der Waals surface area (Å²) >= 11 is 7.37. The van der Waals surface area contributed by atoms with Crippen molar-refractivity contribution in [1.29, 1.82) is 0 Å². The van der Waals surface area contributed by atoms with E-state index in [1.54, 1.807) is 11.3 Å². The third-order valence-corrected chi connectivity index (χ3v) is 6.15. The second kappa shape index (κ2) is 7.60. The van der Waals surface area contributed by atoms with E-state index in [1.807, 2.05) is 30.3 Å². The summed E-state index contributed by atoms with van der Waals surface area (Å²) in [6.07, 6.45) is 1.06. The monoisotopic (exact) mass is 382 g/mol. The number of thiocarbonyl (C=S) groups is 1. The van der Waals surface area contributed by atoms with Gasteiger partial charge in [-0.25, -0.2) is 4.98 Å². The van der Waals surface area contributed by atoms with Gasteiger partial charge >= 0.3 is 0 Å². The van der Waals surface area contributed by atoms with Crippen molar-refractivity contribution < 1.29 is 0 Å². The van der Waals surface area contributed by atoms with Crippen LogP contribution in [0, 0.1) is 0 Å². The van der Waals surface area contributed by atoms with Crippen LogP contribution in [0.3, 0.4) is 0 Å². The summed E-state index contributed by atoms with van der Waals surface area (Å²) in [6, 6.07) is 16.7. The van der Waals surface area contributed by atoms with Crippen molar-refractivity contribution in [1.82, 2.24) is 9.88 Å². The Balaban J connectivity index is 1.39. The molecule has 0 saturated carbocycles. The number of rotatable bonds is 3. The molecule has 0 unspecified atom stereocenters. The van der Waals surface area contributed by atoms with E-state index in [0.29, 0.717) is 0 Å². The third kappa shape index (κ3) is 3.66. The first-order valence-electron chi connectivity index (χ1n) is 8.98. The van der Waals surface area contributed by atoms with Crippen LogP contribution >= 0.6 is 23.6 Å². The molecule has 134 valence electrons. The summed E-state index contributed by atoms with van der Waals surface area (Å²) < 4.78 is 1.28. The molecule has 0 aliphatic carbocycles. The molecule has 0 amide bonds. The van der Waals surface area contributed by atoms with Crippen LogP contribution in [0.25, 0.3) is 10.2 Å². The molecule has 1 aromatic heterocycles. The Labute approximate surface area is 163 Å². The number of aryl methyl sites for hydroxylation is 1. The number of nitrogens with zero attached hydrogens (tertiary/aromatic N) is 3. The highest BCUT2D eigenvalue weighted by Crippen LogP contribution is 2.30. The van der Waals surface area contributed by atoms with E-state index in [2.05, 4.69) is 40.2 Å². The largest absolute Gasteiger partial charge is 0.345 e. The molecule has 0 radical (unpaired) electrons. The first kappa shape index (κ1) is 17.2. The fourth-order valence-corrected chi connectivity index (χ4v) is 4.52. The van der Waals surface area contributed by atoms with Gasteiger partial charge in [0.25, 0.3) is 0 Å². The molecule has 1 aliphatic heterocycles. The smallest absolute Gasteiger partial charge is 0.186 e. The van der Waals surface area contributed by atoms with Crippen LogP contribution in [0.15, 0.2) is 48.5 Å². The molecule has 1 saturated heterocycles. The maximum Gasteiger partial charge on any atom is 0.186 e. The standard InChI is InChI=1S/C20H22N4S2/c1-2-15-8-9-17-18(14-15)26-20(22-17)24-12-10-23(11-13-24)19(25)21-16-6-4-3-5-7-16/h3-9,14H,2,10-13H2,1H3,(H,21,25). The Bertz CT molecular complexity index is 899. The van der Waals surface area contributed by atoms with E-state index in [9.17, 15) is 0 Å². The minimum Gasteiger partial charge on any atom is -0.345 e. The number of piperazine rings is 1. The van der Waals surface area contributed by atoms with Gasteiger partial charge in [0.1, 0.15) is 0 Å². The molecule has 2 aromatic carbocycles. The molecule has 3 aromatic rings. The highest BCUT2D eigenvalue weighted by molar-refractivity contribution is 7.80. The number of thiazole rings is 1. The maximum atomic E-state index is 5.57. The molecule has 1 N–H and O–H groups in total. The van der Waals surface area contributed by atoms with E-state index >= 15 is 0 Å². The van der Waals surface area contributed by atoms with Crippen LogP contribution in [0.4, 0.5) is 10.8 Å². The zero-order chi connectivity index (χ0) is 17.9. The van der Waals surface area contributed by atoms with Gasteiger partial charge in [-0.3, -0.25) is 0 Å². The average molecular weight is 383 g/mol. The van der Waals surface area contributed by atoms with Gasteiger partial charge in [-0.1, -0.05) is 42.5 Å². The van der Waals surface area contributed by atoms with Crippen molar-refractivity contribution in [3.05, 3.63) is 54.1 Å². The second-order valence-electron chi connectivity index (χ2n) is 6.42. The van der Waals surface area contributed by atoms with Gasteiger partial charge < -0.3 is 15.1 Å². The molecule has 4 rings (SSSR count). The number of anilines is 2. The van der Waals surface area contributed by atoms with Crippen molar-refractivity contribution in [2.24, 2.45) is 0 Å². The maximum absolute atomic E-state index is 5.57. The van der Waals surface area contributed by atoms with Crippen LogP contribution in [0.1, 0.15) is 12.5 Å². The summed E-state index contributed by atoms with van der Waals surface area (Å²) in [6.45, 7) is 5.90. The molecule has 0 bridgehead atoms. The number of para-hydroxylation sites is 1. The van der Waals surface area contributed by atoms with E-state index in [-0.39, 0.29) is 0 Å². The molecule has 1 aliphatic rings. The van der Waals surface area contributed by atoms with Crippen LogP contribution < -0.4 is 10.2 Å². The van der Waals surface area contributed by atoms with Gasteiger partial charge in [0.05, 0.1) is 10.2 Å². The molecule has 2 heterocycles. The number of hydrogen-bond acceptors (Lipinski definition) is 4. The lowest BCUT2D eigenvalue weighted by Gasteiger charge is -2.36. The van der Waals surface area contributed by atoms with Crippen molar-refractivity contribution in [3.63, 3.8) is 0 Å². The minimum atomic E-state index is 0.799. The molecule has 0 atom stereocenters. The molecule has 26 heavy (non-hydrogen) atoms. The van der Waals surface area contributed by atoms with E-state index in [4.69, 9.17) is 17.2 Å². The van der Waals surface area contributed by atoms with E-state index in [0.717, 1.165) is 54.0 Å². The predicted molar refractivity (Wildman–Crippen MR) is 115 cm³/mol. The lowest BCUT2D eigenvalue weighted by molar-refractivity contribution is 0.391. The van der Waals surface area contributed by atoms with Crippen LogP contribution in [-0.2, 0) is 6.42 Å². The quantitative estimate of drug-likeness (QED) is 0.680. The van der Waals surface area contributed by atoms with Gasteiger partial charge in [-0.05, 0) is 48.5 Å². The summed E-state index contributed by atoms with van der Waals surface area (Å²) in [5.41, 5.74) is 3.51. The van der Waals surface area contributed by atoms with Gasteiger partial charge in [-0.2, -0.15) is 0 Å². The first-order chi connectivity index (χ1) is 12.7. The normalized spacial score (nSPS) is 14.7. The Morgan fingerprint density at radius 2 is 1.88 bits per heavy atom. The fraction of sp³-hybridized carbons (Fsp3) is 0.300. The van der Waals surface area contributed by atoms with E-state index < -0.39 is 0 Å². The van der Waals surface area contributed by atoms with Gasteiger partial charge in [0.15, 0.2) is 10.2 Å². The lowest BCUT2D eigenvalue weighted by atomic mass is 10.2. The van der Waals surface area contributed by atoms with Crippen molar-refractivity contribution in [2.75, 3.05) is 36.4 Å². The van der Waals surface area contributed by atoms with Crippen LogP contribution in [-0.4, -0.2) is 41.2 Å². The number of benzene rings is 2. The molecule has 0 spiro atoms. The summed E-state index contributed by atoms with van der Waals surface area (Å²) in [4.78, 5) is 9.44. The van der Waals surface area contributed by atoms with Gasteiger partial charge in [-0.15, -0.1) is 0 Å². The first-order valence-corrected chi connectivity index (χ1v) is 10.2. The predicted octanol–water partition coefficient (Wildman–Crippen LogP) is 4.38. The highest BCUT2D eigenvalue weighted by Gasteiger charge is 2.21. The molecule has 6 heteroatoms. The number of nitrogens with one attached hydrogen (secondary N) is 1. The number of fused-ring (bicyclic) bond motifs is 1. The molecule has 1 fully saturated rings. The number of hydrogen-bond donors (Lipinski definition) is 1. The zero-order valence-corrected chi connectivity index (χ0v) is 16.4. The molecule has 4 nitrogen and oxygen atoms in total. The summed E-state index contributed by atoms with van der Waals surface area (Å²) in [7, 11) is 0. The Morgan fingerprint density at radius 1 is 1.12 bits per heavy atom. The second-order valence-corrected chi connectivity index (χ2v) is 7.82. The summed E-state index contributed by atoms with van der Waals surface area (Å²) in [5, 5.41) is 5.25. The van der Waals surface area contributed by atoms with Crippen molar-refractivity contribution >= 4 is 49.7 Å². The lowest BCUT2D eigenvalue weighted by Crippen LogP contribution is -2.50. The third-order valence-electron chi connectivity index (χ3n) is 4.71. The SMILES string of the molecule is CCc1ccc2nc(N3CCN(C(=S)Nc4ccccc4)CC3)sc2c1. The van der Waals surface area contributed by atoms with Crippen molar-refractivity contribution in [3.8, 4) is 0 Å². The topological polar surface area (TPSA) is 31.4 Å². The zero-order valence-electron chi connectivity index (χ0n) is 14.8. The van der Waals surface area contributed by atoms with E-state index in [1.165, 1.54) is 10.3 Å². The molecular weight excluding hydrogens is 360 g/mol. The Kier molecular flexibility index (Phi) is 5.04. The highest BCUT2D eigenvalue weighted by atomic mass is 32.1. The van der Waals surface area contributed by atoms with Gasteiger partial charge in [0, 0.05) is 31.9 Å². The Morgan fingerprint density at radius 3 is 2.62 bits per heavy atom. The van der Waals surface area contributed by atoms with Crippen molar-refractivity contribution in [2.45, 2.75) is 13.3 Å². The Hall–Kier alpha value is -2.18. The fourth-order valence-electron chi connectivity index (χ4n) is 3.14. The molecular formula is C20H22N4S2. The summed E-state index contributed by atoms with van der Waals surface area (Å²) in [5.74, 6) is 0.